The Morgan fingerprint density at radius 3 is 2.38 bits per heavy atom. The summed E-state index contributed by atoms with van der Waals surface area (Å²) in [7, 11) is 0. The van der Waals surface area contributed by atoms with Gasteiger partial charge in [0.2, 0.25) is 17.7 Å². The van der Waals surface area contributed by atoms with E-state index in [1.165, 1.54) is 0 Å². The van der Waals surface area contributed by atoms with Gasteiger partial charge in [-0.1, -0.05) is 6.58 Å². The van der Waals surface area contributed by atoms with Gasteiger partial charge in [-0.2, -0.15) is 0 Å². The Bertz CT molecular complexity index is 249. The average Bonchev–Trinajstić information content (AvgIpc) is 2.02. The van der Waals surface area contributed by atoms with E-state index in [9.17, 15) is 14.4 Å². The Morgan fingerprint density at radius 2 is 2.00 bits per heavy atom. The number of primary amides is 1. The molecular weight excluding hydrogens is 174 g/mol. The summed E-state index contributed by atoms with van der Waals surface area (Å²) < 4.78 is 0. The molecule has 0 radical (unpaired) electrons. The minimum atomic E-state index is -1.10. The molecule has 6 heteroatoms. The van der Waals surface area contributed by atoms with E-state index in [0.717, 1.165) is 6.08 Å². The highest BCUT2D eigenvalue weighted by atomic mass is 16.2. The quantitative estimate of drug-likeness (QED) is 0.440. The van der Waals surface area contributed by atoms with E-state index in [-0.39, 0.29) is 6.42 Å². The maximum Gasteiger partial charge on any atom is 0.249 e. The second kappa shape index (κ2) is 5.04. The summed E-state index contributed by atoms with van der Waals surface area (Å²) >= 11 is 0. The lowest BCUT2D eigenvalue weighted by molar-refractivity contribution is -0.131. The number of imide groups is 1. The molecule has 3 amide bonds. The van der Waals surface area contributed by atoms with E-state index in [0.29, 0.717) is 0 Å². The third-order valence-electron chi connectivity index (χ3n) is 1.19. The Hall–Kier alpha value is -1.69. The minimum Gasteiger partial charge on any atom is -0.370 e. The first kappa shape index (κ1) is 11.3. The third kappa shape index (κ3) is 4.70. The number of nitrogens with one attached hydrogen (secondary N) is 1. The van der Waals surface area contributed by atoms with Crippen molar-refractivity contribution in [1.82, 2.24) is 5.32 Å². The number of amides is 3. The molecule has 0 saturated heterocycles. The lowest BCUT2D eigenvalue weighted by Gasteiger charge is -2.07. The first-order valence-corrected chi connectivity index (χ1v) is 3.48. The van der Waals surface area contributed by atoms with Crippen LogP contribution in [-0.2, 0) is 14.4 Å². The van der Waals surface area contributed by atoms with Crippen LogP contribution in [-0.4, -0.2) is 23.8 Å². The molecule has 1 unspecified atom stereocenters. The lowest BCUT2D eigenvalue weighted by Crippen LogP contribution is -2.44. The van der Waals surface area contributed by atoms with E-state index in [2.05, 4.69) is 6.58 Å². The average molecular weight is 185 g/mol. The predicted molar refractivity (Wildman–Crippen MR) is 45.1 cm³/mol. The number of carbonyl (C=O) groups is 3. The molecule has 1 atom stereocenters. The zero-order valence-corrected chi connectivity index (χ0v) is 6.95. The third-order valence-corrected chi connectivity index (χ3v) is 1.19. The molecule has 13 heavy (non-hydrogen) atoms. The van der Waals surface area contributed by atoms with Gasteiger partial charge in [-0.25, -0.2) is 0 Å². The fourth-order valence-electron chi connectivity index (χ4n) is 0.575. The largest absolute Gasteiger partial charge is 0.370 e. The smallest absolute Gasteiger partial charge is 0.249 e. The van der Waals surface area contributed by atoms with Crippen LogP contribution in [0.25, 0.3) is 0 Å². The van der Waals surface area contributed by atoms with Crippen molar-refractivity contribution in [2.24, 2.45) is 11.5 Å². The zero-order valence-electron chi connectivity index (χ0n) is 6.95. The van der Waals surface area contributed by atoms with Crippen LogP contribution >= 0.6 is 0 Å². The van der Waals surface area contributed by atoms with E-state index in [1.54, 1.807) is 0 Å². The van der Waals surface area contributed by atoms with Gasteiger partial charge in [0.05, 0.1) is 12.5 Å². The van der Waals surface area contributed by atoms with Crippen molar-refractivity contribution in [2.45, 2.75) is 12.5 Å². The van der Waals surface area contributed by atoms with Gasteiger partial charge in [0.15, 0.2) is 0 Å². The van der Waals surface area contributed by atoms with Gasteiger partial charge in [-0.15, -0.1) is 0 Å². The van der Waals surface area contributed by atoms with Crippen molar-refractivity contribution in [3.05, 3.63) is 12.7 Å². The van der Waals surface area contributed by atoms with Gasteiger partial charge < -0.3 is 11.5 Å². The van der Waals surface area contributed by atoms with Crippen LogP contribution in [0, 0.1) is 0 Å². The van der Waals surface area contributed by atoms with Crippen molar-refractivity contribution in [2.75, 3.05) is 0 Å². The van der Waals surface area contributed by atoms with Gasteiger partial charge in [0.25, 0.3) is 0 Å². The molecule has 0 aromatic rings. The normalized spacial score (nSPS) is 11.5. The van der Waals surface area contributed by atoms with Crippen molar-refractivity contribution in [3.8, 4) is 0 Å². The van der Waals surface area contributed by atoms with Gasteiger partial charge in [-0.3, -0.25) is 19.7 Å². The molecule has 0 rings (SSSR count). The first-order valence-electron chi connectivity index (χ1n) is 3.48. The summed E-state index contributed by atoms with van der Waals surface area (Å²) in [5, 5.41) is 1.91. The van der Waals surface area contributed by atoms with Crippen molar-refractivity contribution in [1.29, 1.82) is 0 Å². The number of hydrogen-bond donors (Lipinski definition) is 3. The zero-order chi connectivity index (χ0) is 10.4. The predicted octanol–water partition coefficient (Wildman–Crippen LogP) is -1.98. The molecule has 0 fully saturated rings. The van der Waals surface area contributed by atoms with Gasteiger partial charge in [-0.05, 0) is 6.08 Å². The monoisotopic (exact) mass is 185 g/mol. The van der Waals surface area contributed by atoms with Crippen LogP contribution in [0.4, 0.5) is 0 Å². The molecule has 0 spiro atoms. The molecule has 0 aliphatic carbocycles. The topological polar surface area (TPSA) is 115 Å². The molecule has 72 valence electrons. The summed E-state index contributed by atoms with van der Waals surface area (Å²) in [5.74, 6) is -2.11. The van der Waals surface area contributed by atoms with Crippen LogP contribution in [0.15, 0.2) is 12.7 Å². The molecule has 5 N–H and O–H groups in total. The van der Waals surface area contributed by atoms with Crippen LogP contribution in [0.5, 0.6) is 0 Å². The van der Waals surface area contributed by atoms with Crippen molar-refractivity contribution < 1.29 is 14.4 Å². The maximum absolute atomic E-state index is 10.9. The highest BCUT2D eigenvalue weighted by Crippen LogP contribution is 1.86. The molecule has 0 saturated carbocycles. The summed E-state index contributed by atoms with van der Waals surface area (Å²) in [4.78, 5) is 31.9. The van der Waals surface area contributed by atoms with E-state index >= 15 is 0 Å². The summed E-state index contributed by atoms with van der Waals surface area (Å²) in [6.45, 7) is 3.14. The molecular formula is C7H11N3O3. The maximum atomic E-state index is 10.9. The molecule has 0 aromatic heterocycles. The van der Waals surface area contributed by atoms with Crippen molar-refractivity contribution >= 4 is 17.7 Å². The van der Waals surface area contributed by atoms with E-state index < -0.39 is 23.8 Å². The molecule has 0 bridgehead atoms. The van der Waals surface area contributed by atoms with E-state index in [4.69, 9.17) is 11.5 Å². The Labute approximate surface area is 75.0 Å². The molecule has 0 aliphatic rings. The highest BCUT2D eigenvalue weighted by Gasteiger charge is 2.16. The number of hydrogen-bond acceptors (Lipinski definition) is 4. The van der Waals surface area contributed by atoms with Gasteiger partial charge >= 0.3 is 0 Å². The SMILES string of the molecule is C=CC(=O)NC(=O)C(N)CC(N)=O. The second-order valence-electron chi connectivity index (χ2n) is 2.33. The highest BCUT2D eigenvalue weighted by molar-refractivity contribution is 6.03. The lowest BCUT2D eigenvalue weighted by atomic mass is 10.2. The fourth-order valence-corrected chi connectivity index (χ4v) is 0.575. The van der Waals surface area contributed by atoms with Crippen LogP contribution in [0.3, 0.4) is 0 Å². The minimum absolute atomic E-state index is 0.295. The summed E-state index contributed by atoms with van der Waals surface area (Å²) in [6.07, 6.45) is 0.630. The Kier molecular flexibility index (Phi) is 4.39. The summed E-state index contributed by atoms with van der Waals surface area (Å²) in [6, 6.07) is -1.10. The number of carbonyl (C=O) groups excluding carboxylic acids is 3. The molecule has 6 nitrogen and oxygen atoms in total. The Morgan fingerprint density at radius 1 is 1.46 bits per heavy atom. The van der Waals surface area contributed by atoms with Crippen molar-refractivity contribution in [3.63, 3.8) is 0 Å². The molecule has 0 aliphatic heterocycles. The first-order chi connectivity index (χ1) is 5.97. The van der Waals surface area contributed by atoms with E-state index in [1.807, 2.05) is 5.32 Å². The second-order valence-corrected chi connectivity index (χ2v) is 2.33. The van der Waals surface area contributed by atoms with Crippen LogP contribution in [0.1, 0.15) is 6.42 Å². The fraction of sp³-hybridized carbons (Fsp3) is 0.286. The number of nitrogens with two attached hydrogens (primary N) is 2. The molecule has 0 aromatic carbocycles. The standard InChI is InChI=1S/C7H11N3O3/c1-2-6(12)10-7(13)4(8)3-5(9)11/h2,4H,1,3,8H2,(H2,9,11)(H,10,12,13). The van der Waals surface area contributed by atoms with Crippen LogP contribution < -0.4 is 16.8 Å². The van der Waals surface area contributed by atoms with Gasteiger partial charge in [0, 0.05) is 0 Å². The van der Waals surface area contributed by atoms with Crippen LogP contribution in [0.2, 0.25) is 0 Å². The summed E-state index contributed by atoms with van der Waals surface area (Å²) in [5.41, 5.74) is 10.0. The molecule has 0 heterocycles. The number of rotatable bonds is 4. The van der Waals surface area contributed by atoms with Gasteiger partial charge in [0.1, 0.15) is 0 Å². The Balaban J connectivity index is 4.03.